The third kappa shape index (κ3) is 9.65. The van der Waals surface area contributed by atoms with Gasteiger partial charge in [-0.25, -0.2) is 0 Å². The van der Waals surface area contributed by atoms with E-state index in [4.69, 9.17) is 0 Å². The third-order valence-electron chi connectivity index (χ3n) is 26.2. The van der Waals surface area contributed by atoms with Gasteiger partial charge in [0.1, 0.15) is 0 Å². The van der Waals surface area contributed by atoms with Gasteiger partial charge in [0, 0.05) is 73.7 Å². The Bertz CT molecular complexity index is 7500. The molecule has 116 heavy (non-hydrogen) atoms. The lowest BCUT2D eigenvalue weighted by Gasteiger charge is -2.48. The van der Waals surface area contributed by atoms with Crippen molar-refractivity contribution in [2.75, 3.05) is 19.6 Å². The van der Waals surface area contributed by atoms with Crippen molar-refractivity contribution in [1.29, 1.82) is 0 Å². The van der Waals surface area contributed by atoms with Crippen LogP contribution in [0.15, 0.2) is 364 Å². The fourth-order valence-corrected chi connectivity index (χ4v) is 20.9. The van der Waals surface area contributed by atoms with Crippen LogP contribution in [-0.2, 0) is 10.8 Å². The fraction of sp³-hybridized carbons (Fsp3) is 0.0727. The molecule has 0 radical (unpaired) electrons. The largest absolute Gasteiger partial charge is 0.311 e. The lowest BCUT2D eigenvalue weighted by atomic mass is 9.30. The van der Waals surface area contributed by atoms with Crippen LogP contribution in [0.5, 0.6) is 0 Å². The fourth-order valence-electron chi connectivity index (χ4n) is 20.9. The topological polar surface area (TPSA) is 13.0 Å². The zero-order valence-corrected chi connectivity index (χ0v) is 65.6. The van der Waals surface area contributed by atoms with Crippen molar-refractivity contribution in [3.8, 4) is 22.3 Å². The zero-order valence-electron chi connectivity index (χ0n) is 65.6. The highest BCUT2D eigenvalue weighted by Crippen LogP contribution is 2.55. The number of fused-ring (bicyclic) bond motifs is 26. The normalized spacial score (nSPS) is 13.5. The summed E-state index contributed by atoms with van der Waals surface area (Å²) in [4.78, 5) is 10.7. The molecule has 0 saturated carbocycles. The third-order valence-corrected chi connectivity index (χ3v) is 26.2. The van der Waals surface area contributed by atoms with E-state index >= 15 is 0 Å². The van der Waals surface area contributed by atoms with Crippen LogP contribution < -0.4 is 52.4 Å². The molecule has 0 spiro atoms. The first kappa shape index (κ1) is 66.7. The first-order valence-electron chi connectivity index (χ1n) is 41.0. The molecule has 4 aliphatic rings. The summed E-state index contributed by atoms with van der Waals surface area (Å²) >= 11 is 0. The Kier molecular flexibility index (Phi) is 14.2. The number of nitrogens with zero attached hydrogens (tertiary/aromatic N) is 4. The quantitative estimate of drug-likeness (QED) is 0.121. The molecule has 4 aliphatic heterocycles. The number of hydrogen-bond donors (Lipinski definition) is 0. The molecule has 4 heterocycles. The molecule has 0 bridgehead atoms. The predicted octanol–water partition coefficient (Wildman–Crippen LogP) is 26.2. The van der Waals surface area contributed by atoms with Crippen molar-refractivity contribution in [3.63, 3.8) is 0 Å². The molecule has 0 aliphatic carbocycles. The second kappa shape index (κ2) is 24.8. The smallest absolute Gasteiger partial charge is 0.252 e. The Morgan fingerprint density at radius 1 is 0.190 bits per heavy atom. The molecule has 20 aromatic rings. The van der Waals surface area contributed by atoms with E-state index in [0.29, 0.717) is 0 Å². The van der Waals surface area contributed by atoms with Gasteiger partial charge in [-0.3, -0.25) is 0 Å². The van der Waals surface area contributed by atoms with Gasteiger partial charge in [0.25, 0.3) is 13.4 Å². The molecule has 0 saturated heterocycles. The van der Waals surface area contributed by atoms with Crippen LogP contribution in [0.25, 0.3) is 119 Å². The monoisotopic (exact) mass is 1480 g/mol. The van der Waals surface area contributed by atoms with Crippen LogP contribution in [0.4, 0.5) is 68.2 Å². The van der Waals surface area contributed by atoms with E-state index in [0.717, 1.165) is 45.3 Å². The van der Waals surface area contributed by atoms with E-state index in [-0.39, 0.29) is 24.3 Å². The van der Waals surface area contributed by atoms with E-state index in [2.05, 4.69) is 425 Å². The zero-order chi connectivity index (χ0) is 77.1. The summed E-state index contributed by atoms with van der Waals surface area (Å²) in [6.07, 6.45) is 0. The Labute approximate surface area is 676 Å². The number of rotatable bonds is 6. The van der Waals surface area contributed by atoms with Gasteiger partial charge in [-0.15, -0.1) is 0 Å². The minimum Gasteiger partial charge on any atom is -0.311 e. The van der Waals surface area contributed by atoms with Gasteiger partial charge in [-0.05, 0) is 242 Å². The Morgan fingerprint density at radius 3 is 0.784 bits per heavy atom. The van der Waals surface area contributed by atoms with Gasteiger partial charge >= 0.3 is 0 Å². The second-order valence-electron chi connectivity index (χ2n) is 34.5. The summed E-state index contributed by atoms with van der Waals surface area (Å²) in [7, 11) is 0. The van der Waals surface area contributed by atoms with Crippen LogP contribution in [0.1, 0.15) is 52.7 Å². The SMILES string of the molecule is CC(C)(C)c1cc2c3c(c1)N(c1ccc4c5ccccc5c5ccccc5c4c1)c1cc4c(cc1B3c1ccccc1N2c1ccc2c3ccccc3c3ccccc3c2c1)B1c2ccccc2N(c2c(-c3ccccc3)cccc2-c2ccccc2)c2cc(C(C)(C)C)cc(c21)N4c1ccc2c3ccccc3c3ccccc3c2c1. The summed E-state index contributed by atoms with van der Waals surface area (Å²) in [6, 6.07) is 140. The first-order valence-corrected chi connectivity index (χ1v) is 41.0. The highest BCUT2D eigenvalue weighted by molar-refractivity contribution is 7.03. The molecule has 0 aromatic heterocycles. The lowest BCUT2D eigenvalue weighted by Crippen LogP contribution is -2.65. The van der Waals surface area contributed by atoms with E-state index in [9.17, 15) is 0 Å². The Morgan fingerprint density at radius 2 is 0.457 bits per heavy atom. The number of hydrogen-bond acceptors (Lipinski definition) is 4. The standard InChI is InChI=1S/C110H78B2N4/c1-109(2,3)69-58-102-106-103(59-69)114(72-53-56-89-83-41-17-14-35-77(83)80-38-20-23-44-86(80)92(89)63-72)100-66-101-97(65-96(100)111(106)94-48-25-27-50-98(94)113(102)71-52-55-88-82-40-16-13-34-76(82)79-37-19-22-43-85(79)91(88)62-71)112-95-49-26-28-51-99(95)116(108-74(67-30-9-7-10-31-67)46-29-47-75(108)68-32-11-8-12-33-68)105-61-70(110(4,5)6)60-104(107(105)112)115(101)73-54-57-90-84-42-18-15-36-78(84)81-39-21-24-45-87(81)93(90)64-73/h7-66H,1-6H3. The van der Waals surface area contributed by atoms with Crippen molar-refractivity contribution in [3.05, 3.63) is 375 Å². The van der Waals surface area contributed by atoms with Crippen molar-refractivity contribution < 1.29 is 0 Å². The lowest BCUT2D eigenvalue weighted by molar-refractivity contribution is 0.590. The van der Waals surface area contributed by atoms with Crippen molar-refractivity contribution in [2.24, 2.45) is 0 Å². The maximum Gasteiger partial charge on any atom is 0.252 e. The molecule has 24 rings (SSSR count). The van der Waals surface area contributed by atoms with E-state index < -0.39 is 0 Å². The number of benzene rings is 20. The molecular weight excluding hydrogens is 1400 g/mol. The molecule has 6 heteroatoms. The molecule has 0 atom stereocenters. The molecule has 20 aromatic carbocycles. The van der Waals surface area contributed by atoms with Crippen molar-refractivity contribution in [2.45, 2.75) is 52.4 Å². The van der Waals surface area contributed by atoms with E-state index in [1.54, 1.807) is 0 Å². The number of anilines is 12. The van der Waals surface area contributed by atoms with Crippen LogP contribution >= 0.6 is 0 Å². The summed E-state index contributed by atoms with van der Waals surface area (Å²) in [5.41, 5.74) is 28.1. The molecule has 0 N–H and O–H groups in total. The minimum absolute atomic E-state index is 0.215. The van der Waals surface area contributed by atoms with Gasteiger partial charge in [0.15, 0.2) is 0 Å². The second-order valence-corrected chi connectivity index (χ2v) is 34.5. The average Bonchev–Trinajstić information content (AvgIpc) is 0.678. The van der Waals surface area contributed by atoms with Crippen molar-refractivity contribution in [1.82, 2.24) is 0 Å². The van der Waals surface area contributed by atoms with Crippen LogP contribution in [0.2, 0.25) is 0 Å². The highest BCUT2D eigenvalue weighted by Gasteiger charge is 2.50. The van der Waals surface area contributed by atoms with E-state index in [1.165, 1.54) is 186 Å². The molecule has 0 fully saturated rings. The predicted molar refractivity (Wildman–Crippen MR) is 500 cm³/mol. The molecule has 0 unspecified atom stereocenters. The van der Waals surface area contributed by atoms with Crippen LogP contribution in [0, 0.1) is 0 Å². The molecule has 0 amide bonds. The van der Waals surface area contributed by atoms with Gasteiger partial charge in [-0.1, -0.05) is 327 Å². The van der Waals surface area contributed by atoms with E-state index in [1.807, 2.05) is 0 Å². The van der Waals surface area contributed by atoms with Gasteiger partial charge in [-0.2, -0.15) is 0 Å². The van der Waals surface area contributed by atoms with Crippen LogP contribution in [0.3, 0.4) is 0 Å². The first-order chi connectivity index (χ1) is 56.9. The summed E-state index contributed by atoms with van der Waals surface area (Å²) in [5.74, 6) is 0. The van der Waals surface area contributed by atoms with Crippen molar-refractivity contribution >= 4 is 211 Å². The average molecular weight is 1480 g/mol. The Hall–Kier alpha value is -13.9. The molecule has 4 nitrogen and oxygen atoms in total. The summed E-state index contributed by atoms with van der Waals surface area (Å²) in [5, 5.41) is 22.5. The van der Waals surface area contributed by atoms with Gasteiger partial charge < -0.3 is 19.6 Å². The molecule has 544 valence electrons. The highest BCUT2D eigenvalue weighted by atomic mass is 15.2. The molecular formula is C110H78B2N4. The van der Waals surface area contributed by atoms with Crippen LogP contribution in [-0.4, -0.2) is 13.4 Å². The summed E-state index contributed by atoms with van der Waals surface area (Å²) in [6.45, 7) is 13.9. The number of para-hydroxylation sites is 3. The maximum absolute atomic E-state index is 2.72. The summed E-state index contributed by atoms with van der Waals surface area (Å²) < 4.78 is 0. The van der Waals surface area contributed by atoms with Gasteiger partial charge in [0.2, 0.25) is 0 Å². The Balaban J connectivity index is 0.844. The maximum atomic E-state index is 2.72. The minimum atomic E-state index is -0.295. The van der Waals surface area contributed by atoms with Gasteiger partial charge in [0.05, 0.1) is 5.69 Å².